The molecule has 0 aliphatic heterocycles. The molecule has 0 aromatic carbocycles. The van der Waals surface area contributed by atoms with Crippen LogP contribution in [0.3, 0.4) is 0 Å². The van der Waals surface area contributed by atoms with E-state index in [0.717, 1.165) is 24.2 Å². The number of hydrogen-bond acceptors (Lipinski definition) is 2. The monoisotopic (exact) mass is 320 g/mol. The standard InChI is InChI=1S/C21H36O2/c1-19-10-4-3-5-15(19)6-7-16-17(19)8-11-20(2)18(16)9-12-21(20,23)13-14-22/h15-18,22-23H,3-14H2,1-2H3/t15-,16+,17-,18-,19-,20-,21-/m0/s1. The molecular formula is C21H36O2. The molecule has 0 radical (unpaired) electrons. The van der Waals surface area contributed by atoms with Crippen molar-refractivity contribution < 1.29 is 10.2 Å². The lowest BCUT2D eigenvalue weighted by molar-refractivity contribution is -0.155. The Hall–Kier alpha value is -0.0800. The van der Waals surface area contributed by atoms with Crippen molar-refractivity contribution in [3.8, 4) is 0 Å². The van der Waals surface area contributed by atoms with Crippen molar-refractivity contribution in [2.24, 2.45) is 34.5 Å². The molecule has 7 atom stereocenters. The Labute approximate surface area is 142 Å². The highest BCUT2D eigenvalue weighted by Crippen LogP contribution is 2.68. The van der Waals surface area contributed by atoms with Gasteiger partial charge in [0.25, 0.3) is 0 Å². The van der Waals surface area contributed by atoms with Gasteiger partial charge in [-0.1, -0.05) is 26.7 Å². The maximum atomic E-state index is 11.3. The van der Waals surface area contributed by atoms with E-state index < -0.39 is 5.60 Å². The summed E-state index contributed by atoms with van der Waals surface area (Å²) in [7, 11) is 0. The number of aliphatic hydroxyl groups excluding tert-OH is 1. The third-order valence-corrected chi connectivity index (χ3v) is 9.43. The fourth-order valence-corrected chi connectivity index (χ4v) is 8.00. The highest BCUT2D eigenvalue weighted by atomic mass is 16.3. The van der Waals surface area contributed by atoms with Crippen LogP contribution < -0.4 is 0 Å². The largest absolute Gasteiger partial charge is 0.396 e. The van der Waals surface area contributed by atoms with Crippen LogP contribution in [0.5, 0.6) is 0 Å². The Balaban J connectivity index is 1.63. The van der Waals surface area contributed by atoms with Crippen molar-refractivity contribution in [1.29, 1.82) is 0 Å². The molecule has 4 fully saturated rings. The summed E-state index contributed by atoms with van der Waals surface area (Å²) < 4.78 is 0. The fourth-order valence-electron chi connectivity index (χ4n) is 8.00. The summed E-state index contributed by atoms with van der Waals surface area (Å²) in [5, 5.41) is 20.7. The third kappa shape index (κ3) is 2.13. The van der Waals surface area contributed by atoms with E-state index >= 15 is 0 Å². The van der Waals surface area contributed by atoms with Crippen LogP contribution >= 0.6 is 0 Å². The van der Waals surface area contributed by atoms with Crippen molar-refractivity contribution in [3.05, 3.63) is 0 Å². The smallest absolute Gasteiger partial charge is 0.0725 e. The second-order valence-electron chi connectivity index (χ2n) is 9.90. The van der Waals surface area contributed by atoms with Gasteiger partial charge in [-0.2, -0.15) is 0 Å². The van der Waals surface area contributed by atoms with Gasteiger partial charge in [-0.25, -0.2) is 0 Å². The molecule has 4 saturated carbocycles. The maximum Gasteiger partial charge on any atom is 0.0725 e. The van der Waals surface area contributed by atoms with Crippen LogP contribution in [0, 0.1) is 34.5 Å². The van der Waals surface area contributed by atoms with Crippen LogP contribution in [0.25, 0.3) is 0 Å². The molecule has 0 unspecified atom stereocenters. The Morgan fingerprint density at radius 3 is 2.43 bits per heavy atom. The van der Waals surface area contributed by atoms with Crippen molar-refractivity contribution in [2.75, 3.05) is 6.61 Å². The van der Waals surface area contributed by atoms with E-state index in [0.29, 0.717) is 17.8 Å². The molecule has 0 heterocycles. The van der Waals surface area contributed by atoms with Gasteiger partial charge in [-0.15, -0.1) is 0 Å². The summed E-state index contributed by atoms with van der Waals surface area (Å²) in [6.07, 6.45) is 13.8. The predicted octanol–water partition coefficient (Wildman–Crippen LogP) is 4.53. The van der Waals surface area contributed by atoms with E-state index in [-0.39, 0.29) is 12.0 Å². The van der Waals surface area contributed by atoms with Crippen LogP contribution in [-0.2, 0) is 0 Å². The van der Waals surface area contributed by atoms with Crippen LogP contribution in [0.4, 0.5) is 0 Å². The lowest BCUT2D eigenvalue weighted by Crippen LogP contribution is -2.56. The number of aliphatic hydroxyl groups is 2. The summed E-state index contributed by atoms with van der Waals surface area (Å²) in [4.78, 5) is 0. The highest BCUT2D eigenvalue weighted by molar-refractivity contribution is 5.13. The van der Waals surface area contributed by atoms with Gasteiger partial charge < -0.3 is 10.2 Å². The van der Waals surface area contributed by atoms with Crippen LogP contribution in [0.1, 0.15) is 84.5 Å². The summed E-state index contributed by atoms with van der Waals surface area (Å²) in [5.41, 5.74) is 0.0245. The van der Waals surface area contributed by atoms with Crippen LogP contribution in [0.2, 0.25) is 0 Å². The molecule has 0 spiro atoms. The van der Waals surface area contributed by atoms with E-state index in [2.05, 4.69) is 13.8 Å². The lowest BCUT2D eigenvalue weighted by atomic mass is 9.44. The highest BCUT2D eigenvalue weighted by Gasteiger charge is 2.63. The van der Waals surface area contributed by atoms with E-state index in [4.69, 9.17) is 0 Å². The maximum absolute atomic E-state index is 11.3. The van der Waals surface area contributed by atoms with Gasteiger partial charge in [0.15, 0.2) is 0 Å². The van der Waals surface area contributed by atoms with E-state index in [1.165, 1.54) is 57.8 Å². The van der Waals surface area contributed by atoms with Crippen LogP contribution in [-0.4, -0.2) is 22.4 Å². The zero-order valence-corrected chi connectivity index (χ0v) is 15.2. The minimum atomic E-state index is -0.609. The van der Waals surface area contributed by atoms with Crippen molar-refractivity contribution >= 4 is 0 Å². The second-order valence-corrected chi connectivity index (χ2v) is 9.90. The normalized spacial score (nSPS) is 55.8. The first-order chi connectivity index (χ1) is 10.9. The molecule has 0 aromatic rings. The summed E-state index contributed by atoms with van der Waals surface area (Å²) in [5.74, 6) is 3.40. The molecule has 4 rings (SSSR count). The number of rotatable bonds is 2. The average molecular weight is 321 g/mol. The molecule has 4 aliphatic rings. The van der Waals surface area contributed by atoms with Crippen molar-refractivity contribution in [2.45, 2.75) is 90.1 Å². The summed E-state index contributed by atoms with van der Waals surface area (Å²) >= 11 is 0. The number of fused-ring (bicyclic) bond motifs is 5. The molecule has 0 amide bonds. The van der Waals surface area contributed by atoms with E-state index in [9.17, 15) is 10.2 Å². The van der Waals surface area contributed by atoms with Gasteiger partial charge in [0.05, 0.1) is 5.60 Å². The summed E-state index contributed by atoms with van der Waals surface area (Å²) in [6, 6.07) is 0. The Bertz CT molecular complexity index is 463. The molecular weight excluding hydrogens is 284 g/mol. The average Bonchev–Trinajstić information content (AvgIpc) is 2.79. The minimum Gasteiger partial charge on any atom is -0.396 e. The number of hydrogen-bond donors (Lipinski definition) is 2. The van der Waals surface area contributed by atoms with Crippen molar-refractivity contribution in [3.63, 3.8) is 0 Å². The fraction of sp³-hybridized carbons (Fsp3) is 1.00. The summed E-state index contributed by atoms with van der Waals surface area (Å²) in [6.45, 7) is 5.10. The molecule has 23 heavy (non-hydrogen) atoms. The van der Waals surface area contributed by atoms with E-state index in [1.807, 2.05) is 0 Å². The minimum absolute atomic E-state index is 0.0504. The molecule has 2 N–H and O–H groups in total. The molecule has 0 bridgehead atoms. The molecule has 0 saturated heterocycles. The third-order valence-electron chi connectivity index (χ3n) is 9.43. The van der Waals surface area contributed by atoms with Gasteiger partial charge in [0.1, 0.15) is 0 Å². The zero-order valence-electron chi connectivity index (χ0n) is 15.2. The Morgan fingerprint density at radius 1 is 0.870 bits per heavy atom. The Morgan fingerprint density at radius 2 is 1.65 bits per heavy atom. The van der Waals surface area contributed by atoms with Gasteiger partial charge >= 0.3 is 0 Å². The lowest BCUT2D eigenvalue weighted by Gasteiger charge is -2.61. The quantitative estimate of drug-likeness (QED) is 0.784. The molecule has 4 aliphatic carbocycles. The van der Waals surface area contributed by atoms with Crippen LogP contribution in [0.15, 0.2) is 0 Å². The first-order valence-corrected chi connectivity index (χ1v) is 10.3. The van der Waals surface area contributed by atoms with E-state index in [1.54, 1.807) is 0 Å². The zero-order chi connectivity index (χ0) is 16.3. The molecule has 2 heteroatoms. The molecule has 2 nitrogen and oxygen atoms in total. The SMILES string of the molecule is C[C@]12CCCC[C@H]1CC[C@@H]1[C@@H]2CC[C@@]2(C)[C@H]1CC[C@]2(O)CCO. The Kier molecular flexibility index (Phi) is 3.89. The predicted molar refractivity (Wildman–Crippen MR) is 93.0 cm³/mol. The van der Waals surface area contributed by atoms with Gasteiger partial charge in [-0.3, -0.25) is 0 Å². The molecule has 132 valence electrons. The van der Waals surface area contributed by atoms with Crippen molar-refractivity contribution in [1.82, 2.24) is 0 Å². The van der Waals surface area contributed by atoms with Gasteiger partial charge in [0, 0.05) is 6.61 Å². The topological polar surface area (TPSA) is 40.5 Å². The van der Waals surface area contributed by atoms with Gasteiger partial charge in [0.2, 0.25) is 0 Å². The second kappa shape index (κ2) is 5.46. The molecule has 0 aromatic heterocycles. The van der Waals surface area contributed by atoms with Gasteiger partial charge in [-0.05, 0) is 92.3 Å². The first-order valence-electron chi connectivity index (χ1n) is 10.3. The first kappa shape index (κ1) is 16.4.